The molecule has 2 aliphatic rings. The van der Waals surface area contributed by atoms with Gasteiger partial charge in [-0.15, -0.1) is 0 Å². The first-order chi connectivity index (χ1) is 12.9. The molecule has 4 atom stereocenters. The van der Waals surface area contributed by atoms with Gasteiger partial charge in [-0.2, -0.15) is 0 Å². The maximum atomic E-state index is 12.7. The molecule has 8 nitrogen and oxygen atoms in total. The molecule has 2 saturated heterocycles. The summed E-state index contributed by atoms with van der Waals surface area (Å²) in [6.07, 6.45) is -0.0929. The highest BCUT2D eigenvalue weighted by molar-refractivity contribution is 5.94. The molecule has 0 bridgehead atoms. The quantitative estimate of drug-likeness (QED) is 0.625. The number of rotatable bonds is 5. The molecule has 3 amide bonds. The third-order valence-corrected chi connectivity index (χ3v) is 5.08. The van der Waals surface area contributed by atoms with Crippen LogP contribution in [0.4, 0.5) is 0 Å². The Morgan fingerprint density at radius 1 is 1.33 bits per heavy atom. The van der Waals surface area contributed by atoms with Crippen LogP contribution in [0.5, 0.6) is 0 Å². The zero-order chi connectivity index (χ0) is 19.6. The van der Waals surface area contributed by atoms with Crippen molar-refractivity contribution in [2.75, 3.05) is 13.1 Å². The molecule has 146 valence electrons. The number of carbonyl (C=O) groups is 3. The second kappa shape index (κ2) is 8.06. The van der Waals surface area contributed by atoms with Gasteiger partial charge in [0.15, 0.2) is 0 Å². The van der Waals surface area contributed by atoms with E-state index in [1.54, 1.807) is 11.8 Å². The molecule has 0 radical (unpaired) electrons. The van der Waals surface area contributed by atoms with Crippen LogP contribution in [0.15, 0.2) is 30.3 Å². The molecule has 3 rings (SSSR count). The highest BCUT2D eigenvalue weighted by Crippen LogP contribution is 2.21. The molecular weight excluding hydrogens is 348 g/mol. The van der Waals surface area contributed by atoms with Crippen LogP contribution in [0, 0.1) is 0 Å². The molecule has 0 spiro atoms. The van der Waals surface area contributed by atoms with Gasteiger partial charge in [-0.1, -0.05) is 30.3 Å². The Labute approximate surface area is 158 Å². The minimum Gasteiger partial charge on any atom is -0.391 e. The predicted octanol–water partition coefficient (Wildman–Crippen LogP) is -0.787. The highest BCUT2D eigenvalue weighted by Gasteiger charge is 2.42. The molecule has 0 aliphatic carbocycles. The van der Waals surface area contributed by atoms with Crippen LogP contribution in [0.3, 0.4) is 0 Å². The number of nitrogens with two attached hydrogens (primary N) is 1. The fraction of sp³-hybridized carbons (Fsp3) is 0.526. The summed E-state index contributed by atoms with van der Waals surface area (Å²) in [5.74, 6) is -0.925. The Morgan fingerprint density at radius 2 is 2.04 bits per heavy atom. The Bertz CT molecular complexity index is 709. The summed E-state index contributed by atoms with van der Waals surface area (Å²) >= 11 is 0. The number of nitrogens with one attached hydrogen (secondary N) is 1. The smallest absolute Gasteiger partial charge is 0.245 e. The lowest BCUT2D eigenvalue weighted by Gasteiger charge is -2.26. The molecule has 27 heavy (non-hydrogen) atoms. The molecule has 8 heteroatoms. The first-order valence-electron chi connectivity index (χ1n) is 9.24. The standard InChI is InChI=1S/C19H26N4O4/c1-12(20)18(26)23-11-14(24)9-16(23)17(25)21-15-7-8-22(19(15)27)10-13-5-3-2-4-6-13/h2-6,12,14-16,24H,7-11,20H2,1H3,(H,21,25)/t12-,14+,15+,16-/m0/s1. The number of hydrogen-bond acceptors (Lipinski definition) is 5. The van der Waals surface area contributed by atoms with Crippen molar-refractivity contribution in [2.45, 2.75) is 50.5 Å². The number of aliphatic hydroxyl groups excluding tert-OH is 1. The summed E-state index contributed by atoms with van der Waals surface area (Å²) in [5.41, 5.74) is 6.67. The third kappa shape index (κ3) is 4.28. The van der Waals surface area contributed by atoms with E-state index in [-0.39, 0.29) is 24.8 Å². The van der Waals surface area contributed by atoms with Gasteiger partial charge in [0.05, 0.1) is 12.1 Å². The Kier molecular flexibility index (Phi) is 5.76. The van der Waals surface area contributed by atoms with E-state index in [0.717, 1.165) is 5.56 Å². The summed E-state index contributed by atoms with van der Waals surface area (Å²) < 4.78 is 0. The first kappa shape index (κ1) is 19.3. The minimum atomic E-state index is -0.797. The van der Waals surface area contributed by atoms with Gasteiger partial charge in [-0.05, 0) is 18.9 Å². The van der Waals surface area contributed by atoms with Gasteiger partial charge < -0.3 is 26.0 Å². The van der Waals surface area contributed by atoms with Crippen molar-refractivity contribution in [3.8, 4) is 0 Å². The summed E-state index contributed by atoms with van der Waals surface area (Å²) in [4.78, 5) is 40.5. The third-order valence-electron chi connectivity index (χ3n) is 5.08. The zero-order valence-corrected chi connectivity index (χ0v) is 15.4. The van der Waals surface area contributed by atoms with E-state index in [2.05, 4.69) is 5.32 Å². The van der Waals surface area contributed by atoms with Crippen LogP contribution in [0.1, 0.15) is 25.3 Å². The Morgan fingerprint density at radius 3 is 2.70 bits per heavy atom. The number of β-amino-alcohol motifs (C(OH)–C–C–N with tert-alkyl or cyclic N) is 1. The average Bonchev–Trinajstić information content (AvgIpc) is 3.19. The number of nitrogens with zero attached hydrogens (tertiary/aromatic N) is 2. The Balaban J connectivity index is 1.60. The molecule has 0 aromatic heterocycles. The minimum absolute atomic E-state index is 0.0806. The lowest BCUT2D eigenvalue weighted by Crippen LogP contribution is -2.53. The number of aliphatic hydroxyl groups is 1. The fourth-order valence-corrected chi connectivity index (χ4v) is 3.67. The molecule has 0 unspecified atom stereocenters. The van der Waals surface area contributed by atoms with Crippen LogP contribution < -0.4 is 11.1 Å². The highest BCUT2D eigenvalue weighted by atomic mass is 16.3. The van der Waals surface area contributed by atoms with Gasteiger partial charge >= 0.3 is 0 Å². The lowest BCUT2D eigenvalue weighted by molar-refractivity contribution is -0.140. The van der Waals surface area contributed by atoms with E-state index < -0.39 is 30.1 Å². The van der Waals surface area contributed by atoms with E-state index in [4.69, 9.17) is 5.73 Å². The maximum absolute atomic E-state index is 12.7. The SMILES string of the molecule is C[C@H](N)C(=O)N1C[C@H](O)C[C@H]1C(=O)N[C@@H]1CCN(Cc2ccccc2)C1=O. The van der Waals surface area contributed by atoms with Crippen molar-refractivity contribution in [2.24, 2.45) is 5.73 Å². The van der Waals surface area contributed by atoms with Crippen LogP contribution in [-0.2, 0) is 20.9 Å². The van der Waals surface area contributed by atoms with Crippen molar-refractivity contribution < 1.29 is 19.5 Å². The van der Waals surface area contributed by atoms with Crippen molar-refractivity contribution in [3.63, 3.8) is 0 Å². The molecule has 2 fully saturated rings. The van der Waals surface area contributed by atoms with Crippen molar-refractivity contribution in [1.29, 1.82) is 0 Å². The van der Waals surface area contributed by atoms with E-state index in [1.165, 1.54) is 4.90 Å². The number of benzene rings is 1. The van der Waals surface area contributed by atoms with Crippen LogP contribution >= 0.6 is 0 Å². The number of hydrogen-bond donors (Lipinski definition) is 3. The largest absolute Gasteiger partial charge is 0.391 e. The predicted molar refractivity (Wildman–Crippen MR) is 98.2 cm³/mol. The average molecular weight is 374 g/mol. The molecule has 4 N–H and O–H groups in total. The summed E-state index contributed by atoms with van der Waals surface area (Å²) in [7, 11) is 0. The zero-order valence-electron chi connectivity index (χ0n) is 15.4. The van der Waals surface area contributed by atoms with Crippen LogP contribution in [-0.4, -0.2) is 69.9 Å². The normalized spacial score (nSPS) is 26.3. The molecule has 1 aromatic rings. The van der Waals surface area contributed by atoms with Crippen molar-refractivity contribution >= 4 is 17.7 Å². The van der Waals surface area contributed by atoms with Crippen LogP contribution in [0.25, 0.3) is 0 Å². The topological polar surface area (TPSA) is 116 Å². The summed E-state index contributed by atoms with van der Waals surface area (Å²) in [5, 5.41) is 12.6. The maximum Gasteiger partial charge on any atom is 0.245 e. The van der Waals surface area contributed by atoms with Gasteiger partial charge in [-0.25, -0.2) is 0 Å². The summed E-state index contributed by atoms with van der Waals surface area (Å²) in [6, 6.07) is 7.52. The number of likely N-dealkylation sites (tertiary alicyclic amines) is 2. The molecular formula is C19H26N4O4. The van der Waals surface area contributed by atoms with Crippen molar-refractivity contribution in [1.82, 2.24) is 15.1 Å². The van der Waals surface area contributed by atoms with Crippen molar-refractivity contribution in [3.05, 3.63) is 35.9 Å². The van der Waals surface area contributed by atoms with E-state index >= 15 is 0 Å². The second-order valence-electron chi connectivity index (χ2n) is 7.28. The number of carbonyl (C=O) groups excluding carboxylic acids is 3. The van der Waals surface area contributed by atoms with Gasteiger partial charge in [0, 0.05) is 26.1 Å². The fourth-order valence-electron chi connectivity index (χ4n) is 3.67. The van der Waals surface area contributed by atoms with Gasteiger partial charge in [0.25, 0.3) is 0 Å². The second-order valence-corrected chi connectivity index (χ2v) is 7.28. The van der Waals surface area contributed by atoms with Gasteiger partial charge in [-0.3, -0.25) is 14.4 Å². The molecule has 2 heterocycles. The van der Waals surface area contributed by atoms with Crippen LogP contribution in [0.2, 0.25) is 0 Å². The summed E-state index contributed by atoms with van der Waals surface area (Å²) in [6.45, 7) is 2.69. The van der Waals surface area contributed by atoms with E-state index in [1.807, 2.05) is 30.3 Å². The monoisotopic (exact) mass is 374 g/mol. The lowest BCUT2D eigenvalue weighted by atomic mass is 10.1. The molecule has 1 aromatic carbocycles. The molecule has 0 saturated carbocycles. The number of amides is 3. The first-order valence-corrected chi connectivity index (χ1v) is 9.24. The van der Waals surface area contributed by atoms with Gasteiger partial charge in [0.1, 0.15) is 12.1 Å². The van der Waals surface area contributed by atoms with E-state index in [9.17, 15) is 19.5 Å². The molecule has 2 aliphatic heterocycles. The van der Waals surface area contributed by atoms with E-state index in [0.29, 0.717) is 19.5 Å². The van der Waals surface area contributed by atoms with Gasteiger partial charge in [0.2, 0.25) is 17.7 Å². The Hall–Kier alpha value is -2.45.